The number of rotatable bonds is 4. The average Bonchev–Trinajstić information content (AvgIpc) is 2.99. The molecule has 2 aliphatic rings. The maximum Gasteiger partial charge on any atom is 0.264 e. The number of hydrogen-bond acceptors (Lipinski definition) is 6. The maximum atomic E-state index is 13.6. The van der Waals surface area contributed by atoms with Crippen LogP contribution in [0.5, 0.6) is 5.88 Å². The number of aryl methyl sites for hydroxylation is 2. The van der Waals surface area contributed by atoms with Gasteiger partial charge in [0.1, 0.15) is 6.10 Å². The van der Waals surface area contributed by atoms with Crippen molar-refractivity contribution < 1.29 is 13.2 Å². The fourth-order valence-electron chi connectivity index (χ4n) is 6.75. The van der Waals surface area contributed by atoms with Gasteiger partial charge in [-0.25, -0.2) is 18.1 Å². The van der Waals surface area contributed by atoms with Crippen LogP contribution in [0.2, 0.25) is 0 Å². The number of nitrogens with one attached hydrogen (secondary N) is 2. The predicted molar refractivity (Wildman–Crippen MR) is 181 cm³/mol. The lowest BCUT2D eigenvalue weighted by Crippen LogP contribution is -2.34. The zero-order valence-corrected chi connectivity index (χ0v) is 27.7. The highest BCUT2D eigenvalue weighted by Gasteiger charge is 2.31. The number of benzene rings is 3. The van der Waals surface area contributed by atoms with Gasteiger partial charge >= 0.3 is 0 Å². The predicted octanol–water partition coefficient (Wildman–Crippen LogP) is 8.74. The molecule has 1 aliphatic carbocycles. The number of anilines is 2. The zero-order valence-electron chi connectivity index (χ0n) is 26.9. The molecular weight excluding hydrogens is 580 g/mol. The van der Waals surface area contributed by atoms with Gasteiger partial charge in [-0.1, -0.05) is 101 Å². The van der Waals surface area contributed by atoms with Crippen molar-refractivity contribution in [2.45, 2.75) is 95.6 Å². The third-order valence-corrected chi connectivity index (χ3v) is 10.5. The van der Waals surface area contributed by atoms with Gasteiger partial charge in [-0.2, -0.15) is 4.98 Å². The highest BCUT2D eigenvalue weighted by atomic mass is 32.2. The largest absolute Gasteiger partial charge is 0.467 e. The van der Waals surface area contributed by atoms with Crippen LogP contribution >= 0.6 is 0 Å². The standard InChI is InChI=1S/C37H44N4O3S/c1-24-11-9-12-25(2)34(24)31-23-33-40-36(39-31)41-45(42,43)30-16-10-15-29(22-30)38-32(21-26-13-7-6-8-14-26)35(44-33)27-17-19-28(20-18-27)37(3,4)5/h9-12,15-20,22-23,26,32,35,38H,6-8,13-14,21H2,1-5H3,(H,39,40,41)/t32-,35-/m1/s1. The minimum absolute atomic E-state index is 0.0188. The number of nitrogens with zero attached hydrogens (tertiary/aromatic N) is 2. The Balaban J connectivity index is 1.53. The monoisotopic (exact) mass is 624 g/mol. The van der Waals surface area contributed by atoms with Crippen molar-refractivity contribution >= 4 is 21.7 Å². The number of aromatic nitrogens is 2. The SMILES string of the molecule is Cc1cccc(C)c1-c1cc2nc(n1)NS(=O)(=O)c1cccc(c1)N[C@H](CC1CCCCC1)[C@@H](c1ccc(C(C)(C)C)cc1)O2. The van der Waals surface area contributed by atoms with E-state index in [-0.39, 0.29) is 22.3 Å². The Morgan fingerprint density at radius 2 is 1.56 bits per heavy atom. The van der Waals surface area contributed by atoms with Gasteiger partial charge in [-0.15, -0.1) is 0 Å². The summed E-state index contributed by atoms with van der Waals surface area (Å²) in [5.74, 6) is 0.850. The van der Waals surface area contributed by atoms with Crippen LogP contribution in [0.15, 0.2) is 77.7 Å². The summed E-state index contributed by atoms with van der Waals surface area (Å²) < 4.78 is 36.8. The highest BCUT2D eigenvalue weighted by Crippen LogP contribution is 2.38. The zero-order chi connectivity index (χ0) is 31.8. The van der Waals surface area contributed by atoms with Gasteiger partial charge in [0.25, 0.3) is 10.0 Å². The first-order chi connectivity index (χ1) is 21.5. The van der Waals surface area contributed by atoms with E-state index in [1.54, 1.807) is 18.2 Å². The number of hydrogen-bond donors (Lipinski definition) is 2. The summed E-state index contributed by atoms with van der Waals surface area (Å²) in [4.78, 5) is 9.51. The second kappa shape index (κ2) is 12.5. The van der Waals surface area contributed by atoms with Gasteiger partial charge in [-0.3, -0.25) is 0 Å². The molecule has 8 heteroatoms. The summed E-state index contributed by atoms with van der Waals surface area (Å²) in [6.45, 7) is 10.7. The van der Waals surface area contributed by atoms with Crippen molar-refractivity contribution in [2.75, 3.05) is 10.0 Å². The number of ether oxygens (including phenoxy) is 1. The molecule has 0 radical (unpaired) electrons. The Bertz CT molecular complexity index is 1750. The van der Waals surface area contributed by atoms with Crippen molar-refractivity contribution in [3.05, 3.63) is 95.1 Å². The molecule has 0 unspecified atom stereocenters. The van der Waals surface area contributed by atoms with Gasteiger partial charge in [0.05, 0.1) is 16.6 Å². The summed E-state index contributed by atoms with van der Waals surface area (Å²) in [5, 5.41) is 3.73. The first-order valence-electron chi connectivity index (χ1n) is 16.1. The third kappa shape index (κ3) is 7.01. The molecule has 1 aliphatic heterocycles. The second-order valence-corrected chi connectivity index (χ2v) is 15.4. The Kier molecular flexibility index (Phi) is 8.61. The molecular formula is C37H44N4O3S. The topological polar surface area (TPSA) is 93.2 Å². The van der Waals surface area contributed by atoms with E-state index < -0.39 is 16.1 Å². The van der Waals surface area contributed by atoms with Crippen LogP contribution in [-0.4, -0.2) is 24.4 Å². The Morgan fingerprint density at radius 3 is 2.24 bits per heavy atom. The highest BCUT2D eigenvalue weighted by molar-refractivity contribution is 7.92. The third-order valence-electron chi connectivity index (χ3n) is 9.19. The molecule has 3 aromatic carbocycles. The summed E-state index contributed by atoms with van der Waals surface area (Å²) in [6, 6.07) is 23.5. The molecule has 4 bridgehead atoms. The normalized spacial score (nSPS) is 20.1. The molecule has 45 heavy (non-hydrogen) atoms. The quantitative estimate of drug-likeness (QED) is 0.236. The Morgan fingerprint density at radius 1 is 0.867 bits per heavy atom. The molecule has 1 saturated carbocycles. The van der Waals surface area contributed by atoms with E-state index in [0.29, 0.717) is 17.5 Å². The van der Waals surface area contributed by atoms with Crippen molar-refractivity contribution in [3.8, 4) is 17.1 Å². The van der Waals surface area contributed by atoms with E-state index in [1.807, 2.05) is 44.2 Å². The van der Waals surface area contributed by atoms with E-state index in [9.17, 15) is 8.42 Å². The lowest BCUT2D eigenvalue weighted by atomic mass is 9.82. The van der Waals surface area contributed by atoms with E-state index in [1.165, 1.54) is 37.7 Å². The van der Waals surface area contributed by atoms with Gasteiger partial charge in [0.15, 0.2) is 0 Å². The molecule has 0 saturated heterocycles. The molecule has 4 aromatic rings. The van der Waals surface area contributed by atoms with Crippen LogP contribution in [0, 0.1) is 19.8 Å². The molecule has 6 rings (SSSR count). The summed E-state index contributed by atoms with van der Waals surface area (Å²) >= 11 is 0. The lowest BCUT2D eigenvalue weighted by molar-refractivity contribution is 0.154. The van der Waals surface area contributed by atoms with Crippen LogP contribution in [-0.2, 0) is 15.4 Å². The van der Waals surface area contributed by atoms with Crippen molar-refractivity contribution in [2.24, 2.45) is 5.92 Å². The van der Waals surface area contributed by atoms with E-state index in [0.717, 1.165) is 34.4 Å². The smallest absolute Gasteiger partial charge is 0.264 e. The molecule has 1 aromatic heterocycles. The van der Waals surface area contributed by atoms with Gasteiger partial charge in [-0.05, 0) is 72.1 Å². The molecule has 0 amide bonds. The average molecular weight is 625 g/mol. The molecule has 2 N–H and O–H groups in total. The van der Waals surface area contributed by atoms with Crippen LogP contribution in [0.1, 0.15) is 87.7 Å². The number of sulfonamides is 1. The first-order valence-corrected chi connectivity index (χ1v) is 17.6. The first kappa shape index (κ1) is 31.1. The fraction of sp³-hybridized carbons (Fsp3) is 0.405. The second-order valence-electron chi connectivity index (χ2n) is 13.7. The van der Waals surface area contributed by atoms with Gasteiger partial charge in [0.2, 0.25) is 11.8 Å². The van der Waals surface area contributed by atoms with Crippen LogP contribution < -0.4 is 14.8 Å². The van der Waals surface area contributed by atoms with E-state index in [4.69, 9.17) is 9.72 Å². The molecule has 236 valence electrons. The minimum atomic E-state index is -3.97. The Labute approximate surface area is 267 Å². The van der Waals surface area contributed by atoms with Crippen LogP contribution in [0.25, 0.3) is 11.3 Å². The summed E-state index contributed by atoms with van der Waals surface area (Å²) in [5.41, 5.74) is 6.66. The molecule has 2 heterocycles. The molecule has 1 fully saturated rings. The fourth-order valence-corrected chi connectivity index (χ4v) is 7.74. The van der Waals surface area contributed by atoms with Gasteiger partial charge in [0, 0.05) is 17.3 Å². The minimum Gasteiger partial charge on any atom is -0.467 e. The number of fused-ring (bicyclic) bond motifs is 4. The summed E-state index contributed by atoms with van der Waals surface area (Å²) in [6.07, 6.45) is 6.60. The van der Waals surface area contributed by atoms with Crippen LogP contribution in [0.3, 0.4) is 0 Å². The Hall–Kier alpha value is -3.91. The van der Waals surface area contributed by atoms with Crippen molar-refractivity contribution in [1.82, 2.24) is 9.97 Å². The maximum absolute atomic E-state index is 13.6. The molecule has 2 atom stereocenters. The van der Waals surface area contributed by atoms with E-state index in [2.05, 4.69) is 60.1 Å². The molecule has 0 spiro atoms. The van der Waals surface area contributed by atoms with Crippen molar-refractivity contribution in [1.29, 1.82) is 0 Å². The van der Waals surface area contributed by atoms with Crippen LogP contribution in [0.4, 0.5) is 11.6 Å². The summed E-state index contributed by atoms with van der Waals surface area (Å²) in [7, 11) is -3.97. The van der Waals surface area contributed by atoms with Crippen molar-refractivity contribution in [3.63, 3.8) is 0 Å². The lowest BCUT2D eigenvalue weighted by Gasteiger charge is -2.34. The molecule has 7 nitrogen and oxygen atoms in total. The van der Waals surface area contributed by atoms with Gasteiger partial charge < -0.3 is 10.1 Å². The van der Waals surface area contributed by atoms with E-state index >= 15 is 0 Å².